The van der Waals surface area contributed by atoms with E-state index < -0.39 is 28.6 Å². The van der Waals surface area contributed by atoms with Gasteiger partial charge < -0.3 is 19.7 Å². The smallest absolute Gasteiger partial charge is 0.262 e. The molecule has 0 saturated heterocycles. The van der Waals surface area contributed by atoms with Crippen molar-refractivity contribution < 1.29 is 27.5 Å². The molecule has 0 fully saturated rings. The van der Waals surface area contributed by atoms with Crippen LogP contribution in [0.4, 0.5) is 5.69 Å². The van der Waals surface area contributed by atoms with E-state index in [1.165, 1.54) is 30.2 Å². The SMILES string of the molecule is COc1ccc(Cl)cc1S(=O)(=O)N(CC(=O)N1CC(C(=O)NCCc2ccccc2)Oc2ccccc21)Cc1ccccc1. The molecular weight excluding hydrogens is 602 g/mol. The number of para-hydroxylation sites is 2. The van der Waals surface area contributed by atoms with Crippen LogP contribution in [-0.4, -0.2) is 57.4 Å². The van der Waals surface area contributed by atoms with Gasteiger partial charge >= 0.3 is 0 Å². The molecule has 4 aromatic rings. The van der Waals surface area contributed by atoms with Gasteiger partial charge in [0.1, 0.15) is 16.4 Å². The minimum absolute atomic E-state index is 0.0834. The van der Waals surface area contributed by atoms with Gasteiger partial charge in [0, 0.05) is 18.1 Å². The second-order valence-electron chi connectivity index (χ2n) is 10.2. The quantitative estimate of drug-likeness (QED) is 0.257. The Hall–Kier alpha value is -4.38. The van der Waals surface area contributed by atoms with E-state index in [0.29, 0.717) is 30.0 Å². The Morgan fingerprint density at radius 1 is 0.955 bits per heavy atom. The van der Waals surface area contributed by atoms with Crippen LogP contribution in [0.3, 0.4) is 0 Å². The minimum Gasteiger partial charge on any atom is -0.495 e. The monoisotopic (exact) mass is 633 g/mol. The Kier molecular flexibility index (Phi) is 9.84. The molecule has 5 rings (SSSR count). The van der Waals surface area contributed by atoms with Gasteiger partial charge in [-0.25, -0.2) is 8.42 Å². The van der Waals surface area contributed by atoms with Crippen molar-refractivity contribution in [2.75, 3.05) is 31.6 Å². The maximum atomic E-state index is 14.1. The molecule has 0 aromatic heterocycles. The zero-order valence-electron chi connectivity index (χ0n) is 24.1. The topological polar surface area (TPSA) is 105 Å². The average molecular weight is 634 g/mol. The van der Waals surface area contributed by atoms with Crippen LogP contribution in [-0.2, 0) is 32.6 Å². The molecule has 4 aromatic carbocycles. The molecule has 0 radical (unpaired) electrons. The number of sulfonamides is 1. The predicted octanol–water partition coefficient (Wildman–Crippen LogP) is 4.69. The summed E-state index contributed by atoms with van der Waals surface area (Å²) in [6.07, 6.45) is -0.352. The normalized spacial score (nSPS) is 14.4. The highest BCUT2D eigenvalue weighted by Gasteiger charge is 2.37. The number of carbonyl (C=O) groups excluding carboxylic acids is 2. The fraction of sp³-hybridized carbons (Fsp3) is 0.212. The molecule has 2 amide bonds. The fourth-order valence-electron chi connectivity index (χ4n) is 4.94. The molecule has 1 N–H and O–H groups in total. The van der Waals surface area contributed by atoms with E-state index in [0.717, 1.165) is 9.87 Å². The molecule has 1 aliphatic rings. The van der Waals surface area contributed by atoms with Crippen LogP contribution in [0.2, 0.25) is 5.02 Å². The number of methoxy groups -OCH3 is 1. The van der Waals surface area contributed by atoms with Crippen LogP contribution >= 0.6 is 11.6 Å². The number of benzene rings is 4. The molecule has 1 unspecified atom stereocenters. The highest BCUT2D eigenvalue weighted by molar-refractivity contribution is 7.89. The van der Waals surface area contributed by atoms with E-state index in [-0.39, 0.29) is 34.7 Å². The van der Waals surface area contributed by atoms with E-state index in [2.05, 4.69) is 5.32 Å². The lowest BCUT2D eigenvalue weighted by Crippen LogP contribution is -2.53. The third-order valence-electron chi connectivity index (χ3n) is 7.18. The summed E-state index contributed by atoms with van der Waals surface area (Å²) in [5.74, 6) is -0.442. The molecule has 0 spiro atoms. The Labute approximate surface area is 262 Å². The number of amides is 2. The average Bonchev–Trinajstić information content (AvgIpc) is 3.04. The van der Waals surface area contributed by atoms with E-state index in [9.17, 15) is 18.0 Å². The molecule has 1 heterocycles. The summed E-state index contributed by atoms with van der Waals surface area (Å²) in [6, 6.07) is 29.9. The number of nitrogens with one attached hydrogen (secondary N) is 1. The van der Waals surface area contributed by atoms with E-state index in [1.807, 2.05) is 36.4 Å². The fourth-order valence-corrected chi connectivity index (χ4v) is 6.73. The van der Waals surface area contributed by atoms with Crippen molar-refractivity contribution in [1.82, 2.24) is 9.62 Å². The number of anilines is 1. The molecule has 0 saturated carbocycles. The van der Waals surface area contributed by atoms with Crippen LogP contribution in [0.25, 0.3) is 0 Å². The highest BCUT2D eigenvalue weighted by atomic mass is 35.5. The number of nitrogens with zero attached hydrogens (tertiary/aromatic N) is 2. The van der Waals surface area contributed by atoms with Crippen molar-refractivity contribution in [3.63, 3.8) is 0 Å². The first-order valence-electron chi connectivity index (χ1n) is 14.0. The largest absolute Gasteiger partial charge is 0.495 e. The standard InChI is InChI=1S/C33H32ClN3O6S/c1-42-29-17-16-26(34)20-31(29)44(40,41)36(21-25-12-6-3-7-13-25)23-32(38)37-22-30(43-28-15-9-8-14-27(28)37)33(39)35-19-18-24-10-4-2-5-11-24/h2-17,20,30H,18-19,21-23H2,1H3,(H,35,39). The van der Waals surface area contributed by atoms with Crippen molar-refractivity contribution >= 4 is 39.1 Å². The van der Waals surface area contributed by atoms with E-state index >= 15 is 0 Å². The van der Waals surface area contributed by atoms with Crippen molar-refractivity contribution in [2.45, 2.75) is 24.0 Å². The number of hydrogen-bond donors (Lipinski definition) is 1. The molecule has 0 aliphatic carbocycles. The third-order valence-corrected chi connectivity index (χ3v) is 9.23. The van der Waals surface area contributed by atoms with Crippen molar-refractivity contribution in [1.29, 1.82) is 0 Å². The number of rotatable bonds is 11. The molecular formula is C33H32ClN3O6S. The van der Waals surface area contributed by atoms with Crippen LogP contribution < -0.4 is 19.7 Å². The number of carbonyl (C=O) groups is 2. The summed E-state index contributed by atoms with van der Waals surface area (Å²) in [5, 5.41) is 3.10. The Morgan fingerprint density at radius 3 is 2.32 bits per heavy atom. The van der Waals surface area contributed by atoms with Crippen LogP contribution in [0.1, 0.15) is 11.1 Å². The van der Waals surface area contributed by atoms with Crippen LogP contribution in [0.5, 0.6) is 11.5 Å². The van der Waals surface area contributed by atoms with Gasteiger partial charge in [-0.3, -0.25) is 9.59 Å². The summed E-state index contributed by atoms with van der Waals surface area (Å²) in [7, 11) is -2.91. The first-order valence-corrected chi connectivity index (χ1v) is 15.8. The van der Waals surface area contributed by atoms with Gasteiger partial charge in [-0.05, 0) is 47.9 Å². The molecule has 11 heteroatoms. The second-order valence-corrected chi connectivity index (χ2v) is 12.5. The maximum absolute atomic E-state index is 14.1. The number of halogens is 1. The lowest BCUT2D eigenvalue weighted by molar-refractivity contribution is -0.128. The first kappa shape index (κ1) is 31.1. The van der Waals surface area contributed by atoms with Crippen LogP contribution in [0, 0.1) is 0 Å². The summed E-state index contributed by atoms with van der Waals surface area (Å²) >= 11 is 6.18. The molecule has 1 atom stereocenters. The molecule has 9 nitrogen and oxygen atoms in total. The van der Waals surface area contributed by atoms with Gasteiger partial charge in [0.2, 0.25) is 15.9 Å². The summed E-state index contributed by atoms with van der Waals surface area (Å²) in [6.45, 7) is -0.293. The van der Waals surface area contributed by atoms with E-state index in [1.54, 1.807) is 48.5 Å². The number of ether oxygens (including phenoxy) is 2. The molecule has 1 aliphatic heterocycles. The summed E-state index contributed by atoms with van der Waals surface area (Å²) < 4.78 is 40.5. The summed E-state index contributed by atoms with van der Waals surface area (Å²) in [4.78, 5) is 28.4. The molecule has 44 heavy (non-hydrogen) atoms. The molecule has 228 valence electrons. The Bertz CT molecular complexity index is 1720. The number of fused-ring (bicyclic) bond motifs is 1. The Morgan fingerprint density at radius 2 is 1.61 bits per heavy atom. The van der Waals surface area contributed by atoms with Gasteiger partial charge in [0.05, 0.1) is 25.9 Å². The lowest BCUT2D eigenvalue weighted by atomic mass is 10.1. The molecule has 0 bridgehead atoms. The highest BCUT2D eigenvalue weighted by Crippen LogP contribution is 2.34. The zero-order valence-corrected chi connectivity index (χ0v) is 25.6. The van der Waals surface area contributed by atoms with E-state index in [4.69, 9.17) is 21.1 Å². The Balaban J connectivity index is 1.40. The zero-order chi connectivity index (χ0) is 31.1. The third kappa shape index (κ3) is 7.21. The van der Waals surface area contributed by atoms with Gasteiger partial charge in [0.25, 0.3) is 5.91 Å². The first-order chi connectivity index (χ1) is 21.3. The second kappa shape index (κ2) is 13.9. The summed E-state index contributed by atoms with van der Waals surface area (Å²) in [5.41, 5.74) is 2.21. The van der Waals surface area contributed by atoms with Gasteiger partial charge in [-0.15, -0.1) is 0 Å². The van der Waals surface area contributed by atoms with Crippen molar-refractivity contribution in [3.05, 3.63) is 119 Å². The van der Waals surface area contributed by atoms with Crippen molar-refractivity contribution in [3.8, 4) is 11.5 Å². The maximum Gasteiger partial charge on any atom is 0.262 e. The lowest BCUT2D eigenvalue weighted by Gasteiger charge is -2.35. The predicted molar refractivity (Wildman–Crippen MR) is 168 cm³/mol. The number of hydrogen-bond acceptors (Lipinski definition) is 6. The van der Waals surface area contributed by atoms with Crippen LogP contribution in [0.15, 0.2) is 108 Å². The van der Waals surface area contributed by atoms with Gasteiger partial charge in [-0.2, -0.15) is 4.31 Å². The van der Waals surface area contributed by atoms with Crippen molar-refractivity contribution in [2.24, 2.45) is 0 Å². The van der Waals surface area contributed by atoms with Gasteiger partial charge in [-0.1, -0.05) is 84.4 Å². The van der Waals surface area contributed by atoms with Gasteiger partial charge in [0.15, 0.2) is 6.10 Å². The minimum atomic E-state index is -4.28.